The summed E-state index contributed by atoms with van der Waals surface area (Å²) in [6.07, 6.45) is 0. The van der Waals surface area contributed by atoms with Crippen molar-refractivity contribution in [2.24, 2.45) is 0 Å². The van der Waals surface area contributed by atoms with Crippen LogP contribution in [-0.2, 0) is 0 Å². The standard InChI is InChI=1S/C16H15N5O.H2O/c17-12-14-2-1-3-16(18-14)21-10-8-20(9-11-21)15-6-4-13(19-22)5-7-15;/h1-7H,8-11H2;1H2. The molecule has 1 saturated heterocycles. The molecule has 2 N–H and O–H groups in total. The third kappa shape index (κ3) is 3.62. The van der Waals surface area contributed by atoms with E-state index in [1.54, 1.807) is 18.2 Å². The molecule has 3 rings (SSSR count). The topological polar surface area (TPSA) is 104 Å². The average molecular weight is 311 g/mol. The Morgan fingerprint density at radius 3 is 2.26 bits per heavy atom. The fourth-order valence-electron chi connectivity index (χ4n) is 2.60. The molecule has 1 aliphatic rings. The summed E-state index contributed by atoms with van der Waals surface area (Å²) < 4.78 is 0. The molecular formula is C16H17N5O2. The minimum atomic E-state index is 0. The summed E-state index contributed by atoms with van der Waals surface area (Å²) in [7, 11) is 0. The highest BCUT2D eigenvalue weighted by Crippen LogP contribution is 2.20. The number of hydrogen-bond donors (Lipinski definition) is 1. The Labute approximate surface area is 134 Å². The van der Waals surface area contributed by atoms with E-state index in [0.717, 1.165) is 37.7 Å². The van der Waals surface area contributed by atoms with E-state index < -0.39 is 0 Å². The smallest absolute Gasteiger partial charge is 0.253 e. The van der Waals surface area contributed by atoms with Crippen LogP contribution in [0.25, 0.3) is 0 Å². The highest BCUT2D eigenvalue weighted by molar-refractivity contribution is 5.52. The summed E-state index contributed by atoms with van der Waals surface area (Å²) in [5, 5.41) is 10.8. The molecule has 1 aromatic carbocycles. The van der Waals surface area contributed by atoms with Gasteiger partial charge in [0.25, 0.3) is 5.69 Å². The van der Waals surface area contributed by atoms with Gasteiger partial charge in [-0.1, -0.05) is 6.07 Å². The molecule has 0 saturated carbocycles. The van der Waals surface area contributed by atoms with Crippen LogP contribution in [-0.4, -0.2) is 36.6 Å². The zero-order valence-corrected chi connectivity index (χ0v) is 12.5. The predicted molar refractivity (Wildman–Crippen MR) is 85.7 cm³/mol. The first kappa shape index (κ1) is 16.4. The van der Waals surface area contributed by atoms with Gasteiger partial charge in [0.2, 0.25) is 0 Å². The van der Waals surface area contributed by atoms with Crippen LogP contribution >= 0.6 is 0 Å². The number of aromatic nitrogens is 1. The molecule has 0 bridgehead atoms. The average Bonchev–Trinajstić information content (AvgIpc) is 2.62. The van der Waals surface area contributed by atoms with Gasteiger partial charge in [-0.15, -0.1) is 0 Å². The molecule has 0 radical (unpaired) electrons. The Morgan fingerprint density at radius 2 is 1.65 bits per heavy atom. The molecule has 1 aromatic heterocycles. The Kier molecular flexibility index (Phi) is 5.23. The van der Waals surface area contributed by atoms with Crippen molar-refractivity contribution in [2.45, 2.75) is 0 Å². The first-order chi connectivity index (χ1) is 10.8. The summed E-state index contributed by atoms with van der Waals surface area (Å²) >= 11 is 0. The van der Waals surface area contributed by atoms with E-state index in [4.69, 9.17) is 5.26 Å². The molecule has 0 spiro atoms. The molecule has 0 aliphatic carbocycles. The second kappa shape index (κ2) is 7.33. The van der Waals surface area contributed by atoms with E-state index in [1.165, 1.54) is 0 Å². The van der Waals surface area contributed by atoms with Crippen LogP contribution in [0.5, 0.6) is 0 Å². The van der Waals surface area contributed by atoms with Crippen molar-refractivity contribution in [1.82, 2.24) is 4.98 Å². The number of rotatable bonds is 3. The molecule has 7 heteroatoms. The maximum Gasteiger partial charge on any atom is 0.253 e. The van der Waals surface area contributed by atoms with E-state index in [0.29, 0.717) is 11.4 Å². The third-order valence-corrected chi connectivity index (χ3v) is 3.80. The van der Waals surface area contributed by atoms with Crippen molar-refractivity contribution >= 4 is 17.2 Å². The quantitative estimate of drug-likeness (QED) is 0.889. The molecule has 7 nitrogen and oxygen atoms in total. The number of nitrogens with zero attached hydrogens (tertiary/aromatic N) is 4. The van der Waals surface area contributed by atoms with Crippen LogP contribution in [0.1, 0.15) is 5.69 Å². The zero-order chi connectivity index (χ0) is 15.4. The molecule has 118 valence electrons. The summed E-state index contributed by atoms with van der Waals surface area (Å²) in [6.45, 7) is 3.46. The van der Waals surface area contributed by atoms with Gasteiger partial charge in [-0.25, -0.2) is 4.98 Å². The van der Waals surface area contributed by atoms with Crippen molar-refractivity contribution in [3.8, 4) is 6.07 Å². The third-order valence-electron chi connectivity index (χ3n) is 3.80. The van der Waals surface area contributed by atoms with Crippen LogP contribution < -0.4 is 15.0 Å². The molecule has 23 heavy (non-hydrogen) atoms. The number of nitrogens with one attached hydrogen (secondary N) is 1. The van der Waals surface area contributed by atoms with Crippen LogP contribution in [0.15, 0.2) is 42.5 Å². The van der Waals surface area contributed by atoms with Gasteiger partial charge < -0.3 is 15.3 Å². The minimum Gasteiger partial charge on any atom is -0.870 e. The largest absolute Gasteiger partial charge is 0.870 e. The lowest BCUT2D eigenvalue weighted by Gasteiger charge is -2.36. The van der Waals surface area contributed by atoms with Gasteiger partial charge in [-0.3, -0.25) is 0 Å². The lowest BCUT2D eigenvalue weighted by atomic mass is 10.2. The fraction of sp³-hybridized carbons (Fsp3) is 0.250. The van der Waals surface area contributed by atoms with Gasteiger partial charge >= 0.3 is 0 Å². The van der Waals surface area contributed by atoms with Crippen LogP contribution in [0.2, 0.25) is 0 Å². The Balaban J connectivity index is 0.00000192. The second-order valence-corrected chi connectivity index (χ2v) is 5.12. The first-order valence-corrected chi connectivity index (χ1v) is 7.15. The molecule has 0 atom stereocenters. The van der Waals surface area contributed by atoms with Gasteiger partial charge in [0.1, 0.15) is 17.6 Å². The van der Waals surface area contributed by atoms with Crippen molar-refractivity contribution in [2.75, 3.05) is 36.0 Å². The molecule has 1 aliphatic heterocycles. The molecular weight excluding hydrogens is 294 g/mol. The molecule has 1 fully saturated rings. The van der Waals surface area contributed by atoms with Crippen molar-refractivity contribution in [3.63, 3.8) is 0 Å². The molecule has 2 heterocycles. The zero-order valence-electron chi connectivity index (χ0n) is 12.5. The monoisotopic (exact) mass is 311 g/mol. The minimum absolute atomic E-state index is 0. The van der Waals surface area contributed by atoms with Gasteiger partial charge in [0.05, 0.1) is 0 Å². The normalized spacial score (nSPS) is 13.9. The van der Waals surface area contributed by atoms with Crippen LogP contribution in [0.3, 0.4) is 0 Å². The summed E-state index contributed by atoms with van der Waals surface area (Å²) in [6, 6.07) is 15.1. The Bertz CT molecular complexity index is 703. The first-order valence-electron chi connectivity index (χ1n) is 7.15. The number of pyridine rings is 1. The van der Waals surface area contributed by atoms with Gasteiger partial charge in [0.15, 0.2) is 0 Å². The van der Waals surface area contributed by atoms with E-state index in [9.17, 15) is 4.91 Å². The maximum atomic E-state index is 10.6. The number of nitroso groups, excluding NO2 is 1. The van der Waals surface area contributed by atoms with E-state index >= 15 is 0 Å². The second-order valence-electron chi connectivity index (χ2n) is 5.12. The SMILES string of the molecule is N#Cc1cccc(N2CCN(c3ccc([NH+]=O)cc3)CC2)n1.[OH-]. The Morgan fingerprint density at radius 1 is 1.00 bits per heavy atom. The van der Waals surface area contributed by atoms with E-state index in [1.807, 2.05) is 29.4 Å². The number of benzene rings is 1. The van der Waals surface area contributed by atoms with Gasteiger partial charge in [0, 0.05) is 54.1 Å². The maximum absolute atomic E-state index is 10.6. The summed E-state index contributed by atoms with van der Waals surface area (Å²) in [5.74, 6) is 0.851. The molecule has 0 unspecified atom stereocenters. The highest BCUT2D eigenvalue weighted by atomic mass is 16.3. The highest BCUT2D eigenvalue weighted by Gasteiger charge is 2.18. The lowest BCUT2D eigenvalue weighted by Crippen LogP contribution is -2.55. The van der Waals surface area contributed by atoms with Crippen molar-refractivity contribution in [3.05, 3.63) is 53.1 Å². The van der Waals surface area contributed by atoms with Gasteiger partial charge in [-0.05, 0) is 24.3 Å². The lowest BCUT2D eigenvalue weighted by molar-refractivity contribution is -0.379. The predicted octanol–water partition coefficient (Wildman–Crippen LogP) is 0.582. The van der Waals surface area contributed by atoms with Crippen LogP contribution in [0, 0.1) is 16.2 Å². The molecule has 0 amide bonds. The van der Waals surface area contributed by atoms with Crippen molar-refractivity contribution in [1.29, 1.82) is 5.26 Å². The van der Waals surface area contributed by atoms with E-state index in [2.05, 4.69) is 20.9 Å². The summed E-state index contributed by atoms with van der Waals surface area (Å²) in [5.41, 5.74) is 2.12. The van der Waals surface area contributed by atoms with E-state index in [-0.39, 0.29) is 5.48 Å². The fourth-order valence-corrected chi connectivity index (χ4v) is 2.60. The molecule has 2 aromatic rings. The van der Waals surface area contributed by atoms with Crippen LogP contribution in [0.4, 0.5) is 17.2 Å². The van der Waals surface area contributed by atoms with Crippen molar-refractivity contribution < 1.29 is 10.7 Å². The number of anilines is 2. The number of hydrogen-bond acceptors (Lipinski definition) is 6. The summed E-state index contributed by atoms with van der Waals surface area (Å²) in [4.78, 5) is 19.4. The number of nitriles is 1. The van der Waals surface area contributed by atoms with Gasteiger partial charge in [-0.2, -0.15) is 5.26 Å². The number of piperazine rings is 1. The Hall–Kier alpha value is -2.98.